The molecule has 2 aromatic carbocycles. The Hall–Kier alpha value is -3.02. The lowest BCUT2D eigenvalue weighted by atomic mass is 10.1. The minimum absolute atomic E-state index is 0.0990. The van der Waals surface area contributed by atoms with Gasteiger partial charge in [0.25, 0.3) is 5.91 Å². The van der Waals surface area contributed by atoms with Gasteiger partial charge in [0.15, 0.2) is 0 Å². The first-order chi connectivity index (χ1) is 12.1. The molecule has 0 radical (unpaired) electrons. The number of rotatable bonds is 6. The lowest BCUT2D eigenvalue weighted by Gasteiger charge is -2.19. The molecule has 6 nitrogen and oxygen atoms in total. The molecule has 0 bridgehead atoms. The lowest BCUT2D eigenvalue weighted by molar-refractivity contribution is 0.0774. The summed E-state index contributed by atoms with van der Waals surface area (Å²) in [5.74, 6) is 0.684. The van der Waals surface area contributed by atoms with E-state index in [-0.39, 0.29) is 11.9 Å². The summed E-state index contributed by atoms with van der Waals surface area (Å²) in [7, 11) is 1.74. The number of nitrogens with one attached hydrogen (secondary N) is 1. The van der Waals surface area contributed by atoms with Crippen molar-refractivity contribution in [2.45, 2.75) is 0 Å². The van der Waals surface area contributed by atoms with Crippen LogP contribution in [0, 0.1) is 0 Å². The van der Waals surface area contributed by atoms with Gasteiger partial charge in [-0.25, -0.2) is 4.79 Å². The minimum atomic E-state index is -0.130. The zero-order valence-electron chi connectivity index (χ0n) is 14.1. The number of carbonyl (C=O) groups is 2. The number of ether oxygens (including phenoxy) is 1. The van der Waals surface area contributed by atoms with Crippen LogP contribution in [0.25, 0.3) is 0 Å². The molecular weight excluding hydrogens is 318 g/mol. The molecule has 0 atom stereocenters. The van der Waals surface area contributed by atoms with Gasteiger partial charge in [-0.2, -0.15) is 0 Å². The highest BCUT2D eigenvalue weighted by Gasteiger charge is 2.22. The van der Waals surface area contributed by atoms with E-state index in [0.717, 1.165) is 11.4 Å². The van der Waals surface area contributed by atoms with Crippen LogP contribution in [-0.2, 0) is 0 Å². The van der Waals surface area contributed by atoms with Gasteiger partial charge in [0.1, 0.15) is 12.4 Å². The van der Waals surface area contributed by atoms with E-state index in [0.29, 0.717) is 31.8 Å². The molecule has 2 aromatic rings. The summed E-state index contributed by atoms with van der Waals surface area (Å²) in [6, 6.07) is 16.5. The third kappa shape index (κ3) is 4.09. The number of hydrogen-bond donors (Lipinski definition) is 1. The highest BCUT2D eigenvalue weighted by atomic mass is 16.5. The SMILES string of the molecule is CN(CCOc1ccccc1)C(=O)c1cccc(N2CCNC2=O)c1. The second-order valence-corrected chi connectivity index (χ2v) is 5.82. The van der Waals surface area contributed by atoms with Crippen LogP contribution in [0.15, 0.2) is 54.6 Å². The zero-order valence-corrected chi connectivity index (χ0v) is 14.1. The standard InChI is InChI=1S/C19H21N3O3/c1-21(12-13-25-17-8-3-2-4-9-17)18(23)15-6-5-7-16(14-15)22-11-10-20-19(22)24/h2-9,14H,10-13H2,1H3,(H,20,24). The molecule has 0 spiro atoms. The molecule has 1 N–H and O–H groups in total. The van der Waals surface area contributed by atoms with Crippen molar-refractivity contribution in [3.8, 4) is 5.75 Å². The van der Waals surface area contributed by atoms with Gasteiger partial charge >= 0.3 is 6.03 Å². The number of nitrogens with zero attached hydrogens (tertiary/aromatic N) is 2. The van der Waals surface area contributed by atoms with Crippen molar-refractivity contribution in [3.63, 3.8) is 0 Å². The Bertz CT molecular complexity index is 749. The van der Waals surface area contributed by atoms with Crippen molar-refractivity contribution >= 4 is 17.6 Å². The first-order valence-corrected chi connectivity index (χ1v) is 8.24. The van der Waals surface area contributed by atoms with Crippen molar-refractivity contribution in [2.75, 3.05) is 38.2 Å². The van der Waals surface area contributed by atoms with E-state index in [1.54, 1.807) is 35.0 Å². The van der Waals surface area contributed by atoms with Crippen molar-refractivity contribution in [2.24, 2.45) is 0 Å². The van der Waals surface area contributed by atoms with Gasteiger partial charge in [0.2, 0.25) is 0 Å². The molecule has 6 heteroatoms. The molecule has 3 rings (SSSR count). The van der Waals surface area contributed by atoms with E-state index < -0.39 is 0 Å². The predicted molar refractivity (Wildman–Crippen MR) is 96.1 cm³/mol. The Balaban J connectivity index is 1.59. The average molecular weight is 339 g/mol. The summed E-state index contributed by atoms with van der Waals surface area (Å²) in [5, 5.41) is 2.76. The first-order valence-electron chi connectivity index (χ1n) is 8.24. The van der Waals surface area contributed by atoms with Crippen LogP contribution in [0.5, 0.6) is 5.75 Å². The Morgan fingerprint density at radius 2 is 2.00 bits per heavy atom. The van der Waals surface area contributed by atoms with E-state index in [9.17, 15) is 9.59 Å². The summed E-state index contributed by atoms with van der Waals surface area (Å²) >= 11 is 0. The summed E-state index contributed by atoms with van der Waals surface area (Å²) in [5.41, 5.74) is 1.29. The molecule has 1 heterocycles. The molecule has 0 aromatic heterocycles. The maximum absolute atomic E-state index is 12.6. The normalized spacial score (nSPS) is 13.5. The number of para-hydroxylation sites is 1. The van der Waals surface area contributed by atoms with E-state index in [1.165, 1.54) is 0 Å². The lowest BCUT2D eigenvalue weighted by Crippen LogP contribution is -2.31. The quantitative estimate of drug-likeness (QED) is 0.879. The first kappa shape index (κ1) is 16.8. The molecule has 130 valence electrons. The fourth-order valence-electron chi connectivity index (χ4n) is 2.66. The fraction of sp³-hybridized carbons (Fsp3) is 0.263. The fourth-order valence-corrected chi connectivity index (χ4v) is 2.66. The van der Waals surface area contributed by atoms with Crippen molar-refractivity contribution in [3.05, 3.63) is 60.2 Å². The number of carbonyl (C=O) groups excluding carboxylic acids is 2. The van der Waals surface area contributed by atoms with Crippen LogP contribution in [0.2, 0.25) is 0 Å². The molecule has 3 amide bonds. The van der Waals surface area contributed by atoms with E-state index in [4.69, 9.17) is 4.74 Å². The molecule has 25 heavy (non-hydrogen) atoms. The summed E-state index contributed by atoms with van der Waals surface area (Å²) in [6.07, 6.45) is 0. The van der Waals surface area contributed by atoms with Crippen LogP contribution >= 0.6 is 0 Å². The number of anilines is 1. The molecule has 1 aliphatic rings. The number of benzene rings is 2. The Morgan fingerprint density at radius 1 is 1.20 bits per heavy atom. The van der Waals surface area contributed by atoms with Gasteiger partial charge in [-0.1, -0.05) is 24.3 Å². The van der Waals surface area contributed by atoms with Gasteiger partial charge in [-0.15, -0.1) is 0 Å². The van der Waals surface area contributed by atoms with E-state index >= 15 is 0 Å². The molecular formula is C19H21N3O3. The van der Waals surface area contributed by atoms with Crippen LogP contribution in [0.3, 0.4) is 0 Å². The van der Waals surface area contributed by atoms with Crippen molar-refractivity contribution in [1.29, 1.82) is 0 Å². The summed E-state index contributed by atoms with van der Waals surface area (Å²) < 4.78 is 5.63. The smallest absolute Gasteiger partial charge is 0.321 e. The van der Waals surface area contributed by atoms with Crippen molar-refractivity contribution in [1.82, 2.24) is 10.2 Å². The van der Waals surface area contributed by atoms with E-state index in [2.05, 4.69) is 5.32 Å². The molecule has 0 saturated carbocycles. The van der Waals surface area contributed by atoms with Crippen molar-refractivity contribution < 1.29 is 14.3 Å². The summed E-state index contributed by atoms with van der Waals surface area (Å²) in [4.78, 5) is 27.6. The Labute approximate surface area is 147 Å². The topological polar surface area (TPSA) is 61.9 Å². The third-order valence-corrected chi connectivity index (χ3v) is 4.05. The highest BCUT2D eigenvalue weighted by Crippen LogP contribution is 2.19. The second-order valence-electron chi connectivity index (χ2n) is 5.82. The van der Waals surface area contributed by atoms with Gasteiger partial charge in [0, 0.05) is 31.4 Å². The molecule has 0 aliphatic carbocycles. The Kier molecular flexibility index (Phi) is 5.18. The highest BCUT2D eigenvalue weighted by molar-refractivity contribution is 5.98. The minimum Gasteiger partial charge on any atom is -0.492 e. The number of urea groups is 1. The number of likely N-dealkylation sites (N-methyl/N-ethyl adjacent to an activating group) is 1. The van der Waals surface area contributed by atoms with Gasteiger partial charge in [0.05, 0.1) is 6.54 Å². The maximum atomic E-state index is 12.6. The monoisotopic (exact) mass is 339 g/mol. The van der Waals surface area contributed by atoms with Crippen LogP contribution in [0.1, 0.15) is 10.4 Å². The molecule has 0 unspecified atom stereocenters. The predicted octanol–water partition coefficient (Wildman–Crippen LogP) is 2.37. The molecule has 1 aliphatic heterocycles. The second kappa shape index (κ2) is 7.70. The molecule has 1 fully saturated rings. The van der Waals surface area contributed by atoms with E-state index in [1.807, 2.05) is 36.4 Å². The van der Waals surface area contributed by atoms with Crippen LogP contribution in [-0.4, -0.2) is 50.1 Å². The van der Waals surface area contributed by atoms with Gasteiger partial charge < -0.3 is 15.0 Å². The average Bonchev–Trinajstić information content (AvgIpc) is 3.08. The maximum Gasteiger partial charge on any atom is 0.321 e. The van der Waals surface area contributed by atoms with Crippen LogP contribution in [0.4, 0.5) is 10.5 Å². The Morgan fingerprint density at radius 3 is 2.72 bits per heavy atom. The van der Waals surface area contributed by atoms with Gasteiger partial charge in [-0.3, -0.25) is 9.69 Å². The largest absolute Gasteiger partial charge is 0.492 e. The summed E-state index contributed by atoms with van der Waals surface area (Å²) in [6.45, 7) is 2.12. The van der Waals surface area contributed by atoms with Gasteiger partial charge in [-0.05, 0) is 30.3 Å². The number of amides is 3. The number of hydrogen-bond acceptors (Lipinski definition) is 3. The zero-order chi connectivity index (χ0) is 17.6. The van der Waals surface area contributed by atoms with Crippen LogP contribution < -0.4 is 15.0 Å². The molecule has 1 saturated heterocycles. The third-order valence-electron chi connectivity index (χ3n) is 4.05.